The summed E-state index contributed by atoms with van der Waals surface area (Å²) < 4.78 is 1.62. The van der Waals surface area contributed by atoms with Gasteiger partial charge in [-0.05, 0) is 12.8 Å². The number of anilines is 2. The van der Waals surface area contributed by atoms with Crippen LogP contribution in [0.1, 0.15) is 19.0 Å². The predicted octanol–water partition coefficient (Wildman–Crippen LogP) is -1.29. The molecule has 7 N–H and O–H groups in total. The summed E-state index contributed by atoms with van der Waals surface area (Å²) in [6.07, 6.45) is -1.16. The van der Waals surface area contributed by atoms with Gasteiger partial charge in [-0.1, -0.05) is 6.92 Å². The fourth-order valence-electron chi connectivity index (χ4n) is 1.66. The van der Waals surface area contributed by atoms with Gasteiger partial charge in [-0.25, -0.2) is 0 Å². The molecule has 1 aromatic heterocycles. The summed E-state index contributed by atoms with van der Waals surface area (Å²) in [5.41, 5.74) is 12.6. The lowest BCUT2D eigenvalue weighted by molar-refractivity contribution is -0.0197. The average molecular weight is 244 g/mol. The third-order valence-corrected chi connectivity index (χ3v) is 2.73. The first kappa shape index (κ1) is 13.8. The second-order valence-electron chi connectivity index (χ2n) is 3.93. The molecule has 1 heterocycles. The summed E-state index contributed by atoms with van der Waals surface area (Å²) in [5.74, 6) is 0.277. The van der Waals surface area contributed by atoms with E-state index in [9.17, 15) is 10.2 Å². The quantitative estimate of drug-likeness (QED) is 0.423. The molecule has 2 unspecified atom stereocenters. The monoisotopic (exact) mass is 244 g/mol. The third kappa shape index (κ3) is 3.09. The van der Waals surface area contributed by atoms with E-state index in [1.165, 1.54) is 0 Å². The summed E-state index contributed by atoms with van der Waals surface area (Å²) >= 11 is 0. The number of hydrogen-bond donors (Lipinski definition) is 5. The zero-order valence-corrected chi connectivity index (χ0v) is 9.87. The largest absolute Gasteiger partial charge is 0.394 e. The summed E-state index contributed by atoms with van der Waals surface area (Å²) in [7, 11) is 0. The number of rotatable bonds is 6. The van der Waals surface area contributed by atoms with Gasteiger partial charge in [0.25, 0.3) is 0 Å². The van der Waals surface area contributed by atoms with Crippen molar-refractivity contribution in [2.75, 3.05) is 18.1 Å². The highest BCUT2D eigenvalue weighted by molar-refractivity contribution is 5.61. The SMILES string of the molecule is CCc1c(N)c(N)nn1CCC(O)C(O)CO. The molecule has 0 amide bonds. The van der Waals surface area contributed by atoms with E-state index in [-0.39, 0.29) is 12.2 Å². The normalized spacial score (nSPS) is 14.8. The minimum atomic E-state index is -1.13. The van der Waals surface area contributed by atoms with Crippen molar-refractivity contribution in [2.45, 2.75) is 38.5 Å². The zero-order valence-electron chi connectivity index (χ0n) is 9.87. The minimum Gasteiger partial charge on any atom is -0.394 e. The van der Waals surface area contributed by atoms with Crippen LogP contribution in [0.2, 0.25) is 0 Å². The van der Waals surface area contributed by atoms with Crippen molar-refractivity contribution in [1.29, 1.82) is 0 Å². The van der Waals surface area contributed by atoms with E-state index in [4.69, 9.17) is 16.6 Å². The van der Waals surface area contributed by atoms with E-state index < -0.39 is 18.8 Å². The molecule has 0 spiro atoms. The molecule has 0 radical (unpaired) electrons. The van der Waals surface area contributed by atoms with E-state index in [0.29, 0.717) is 18.7 Å². The molecule has 0 aliphatic carbocycles. The van der Waals surface area contributed by atoms with Crippen LogP contribution in [-0.4, -0.2) is 43.9 Å². The number of nitrogens with two attached hydrogens (primary N) is 2. The van der Waals surface area contributed by atoms with Crippen molar-refractivity contribution < 1.29 is 15.3 Å². The molecule has 1 rings (SSSR count). The Kier molecular flexibility index (Phi) is 4.73. The lowest BCUT2D eigenvalue weighted by atomic mass is 10.1. The fraction of sp³-hybridized carbons (Fsp3) is 0.700. The Labute approximate surface area is 99.7 Å². The number of aliphatic hydroxyl groups excluding tert-OH is 3. The van der Waals surface area contributed by atoms with Gasteiger partial charge in [-0.15, -0.1) is 0 Å². The first-order valence-corrected chi connectivity index (χ1v) is 5.58. The molecule has 0 aliphatic heterocycles. The van der Waals surface area contributed by atoms with Crippen molar-refractivity contribution in [3.63, 3.8) is 0 Å². The number of aliphatic hydroxyl groups is 3. The van der Waals surface area contributed by atoms with Crippen molar-refractivity contribution in [3.8, 4) is 0 Å². The first-order chi connectivity index (χ1) is 8.01. The van der Waals surface area contributed by atoms with Crippen molar-refractivity contribution in [2.24, 2.45) is 0 Å². The molecule has 2 atom stereocenters. The van der Waals surface area contributed by atoms with Crippen molar-refractivity contribution in [3.05, 3.63) is 5.69 Å². The molecule has 0 aromatic carbocycles. The van der Waals surface area contributed by atoms with Crippen LogP contribution >= 0.6 is 0 Å². The molecule has 98 valence electrons. The summed E-state index contributed by atoms with van der Waals surface area (Å²) in [6, 6.07) is 0. The van der Waals surface area contributed by atoms with Crippen LogP contribution < -0.4 is 11.5 Å². The second kappa shape index (κ2) is 5.85. The predicted molar refractivity (Wildman–Crippen MR) is 64.1 cm³/mol. The topological polar surface area (TPSA) is 131 Å². The molecule has 7 nitrogen and oxygen atoms in total. The lowest BCUT2D eigenvalue weighted by Crippen LogP contribution is -2.30. The molecule has 17 heavy (non-hydrogen) atoms. The van der Waals surface area contributed by atoms with Crippen LogP contribution in [0, 0.1) is 0 Å². The highest BCUT2D eigenvalue weighted by Gasteiger charge is 2.17. The van der Waals surface area contributed by atoms with E-state index in [2.05, 4.69) is 5.10 Å². The molecule has 0 bridgehead atoms. The van der Waals surface area contributed by atoms with E-state index in [0.717, 1.165) is 5.69 Å². The first-order valence-electron chi connectivity index (χ1n) is 5.58. The average Bonchev–Trinajstić information content (AvgIpc) is 2.60. The fourth-order valence-corrected chi connectivity index (χ4v) is 1.66. The number of aromatic nitrogens is 2. The maximum absolute atomic E-state index is 9.51. The smallest absolute Gasteiger partial charge is 0.169 e. The van der Waals surface area contributed by atoms with E-state index in [1.54, 1.807) is 4.68 Å². The van der Waals surface area contributed by atoms with Gasteiger partial charge in [0.15, 0.2) is 5.82 Å². The molecular formula is C10H20N4O3. The van der Waals surface area contributed by atoms with Gasteiger partial charge in [-0.2, -0.15) is 5.10 Å². The van der Waals surface area contributed by atoms with Gasteiger partial charge in [0, 0.05) is 6.54 Å². The van der Waals surface area contributed by atoms with Gasteiger partial charge >= 0.3 is 0 Å². The maximum atomic E-state index is 9.51. The molecule has 0 aliphatic rings. The Morgan fingerprint density at radius 3 is 2.47 bits per heavy atom. The van der Waals surface area contributed by atoms with Gasteiger partial charge in [0.05, 0.1) is 24.1 Å². The van der Waals surface area contributed by atoms with Crippen LogP contribution in [0.15, 0.2) is 0 Å². The lowest BCUT2D eigenvalue weighted by Gasteiger charge is -2.15. The molecule has 0 saturated heterocycles. The highest BCUT2D eigenvalue weighted by Crippen LogP contribution is 2.20. The van der Waals surface area contributed by atoms with Crippen LogP contribution in [-0.2, 0) is 13.0 Å². The third-order valence-electron chi connectivity index (χ3n) is 2.73. The molecule has 0 fully saturated rings. The Bertz CT molecular complexity index is 367. The standard InChI is InChI=1S/C10H20N4O3/c1-2-6-9(11)10(12)13-14(6)4-3-7(16)8(17)5-15/h7-8,15-17H,2-5,11H2,1H3,(H2,12,13). The molecule has 0 saturated carbocycles. The van der Waals surface area contributed by atoms with Crippen LogP contribution in [0.5, 0.6) is 0 Å². The van der Waals surface area contributed by atoms with E-state index >= 15 is 0 Å². The minimum absolute atomic E-state index is 0.273. The highest BCUT2D eigenvalue weighted by atomic mass is 16.4. The van der Waals surface area contributed by atoms with Gasteiger partial charge in [-0.3, -0.25) is 4.68 Å². The molecular weight excluding hydrogens is 224 g/mol. The van der Waals surface area contributed by atoms with Crippen LogP contribution in [0.4, 0.5) is 11.5 Å². The Balaban J connectivity index is 2.66. The Hall–Kier alpha value is -1.31. The summed E-state index contributed by atoms with van der Waals surface area (Å²) in [6.45, 7) is 1.86. The maximum Gasteiger partial charge on any atom is 0.169 e. The number of aryl methyl sites for hydroxylation is 1. The van der Waals surface area contributed by atoms with Crippen LogP contribution in [0.3, 0.4) is 0 Å². The second-order valence-corrected chi connectivity index (χ2v) is 3.93. The van der Waals surface area contributed by atoms with E-state index in [1.807, 2.05) is 6.92 Å². The van der Waals surface area contributed by atoms with Gasteiger partial charge < -0.3 is 26.8 Å². The summed E-state index contributed by atoms with van der Waals surface area (Å²) in [4.78, 5) is 0. The number of nitrogens with zero attached hydrogens (tertiary/aromatic N) is 2. The number of nitrogen functional groups attached to an aromatic ring is 2. The summed E-state index contributed by atoms with van der Waals surface area (Å²) in [5, 5.41) is 31.4. The zero-order chi connectivity index (χ0) is 13.0. The van der Waals surface area contributed by atoms with Crippen LogP contribution in [0.25, 0.3) is 0 Å². The Morgan fingerprint density at radius 2 is 1.94 bits per heavy atom. The molecule has 1 aromatic rings. The van der Waals surface area contributed by atoms with Crippen molar-refractivity contribution in [1.82, 2.24) is 9.78 Å². The molecule has 7 heteroatoms. The van der Waals surface area contributed by atoms with Gasteiger partial charge in [0.2, 0.25) is 0 Å². The van der Waals surface area contributed by atoms with Gasteiger partial charge in [0.1, 0.15) is 6.10 Å². The number of hydrogen-bond acceptors (Lipinski definition) is 6. The Morgan fingerprint density at radius 1 is 1.29 bits per heavy atom. The van der Waals surface area contributed by atoms with Crippen molar-refractivity contribution >= 4 is 11.5 Å².